The Morgan fingerprint density at radius 1 is 1.00 bits per heavy atom. The zero-order valence-corrected chi connectivity index (χ0v) is 10.6. The average Bonchev–Trinajstić information content (AvgIpc) is 2.36. The van der Waals surface area contributed by atoms with Gasteiger partial charge in [-0.25, -0.2) is 0 Å². The van der Waals surface area contributed by atoms with E-state index in [0.717, 1.165) is 6.42 Å². The molecule has 0 saturated heterocycles. The minimum absolute atomic E-state index is 0.694. The van der Waals surface area contributed by atoms with Gasteiger partial charge in [0.05, 0.1) is 0 Å². The van der Waals surface area contributed by atoms with Gasteiger partial charge in [-0.2, -0.15) is 0 Å². The fraction of sp³-hybridized carbons (Fsp3) is 0.571. The molecule has 0 bridgehead atoms. The van der Waals surface area contributed by atoms with E-state index in [1.807, 2.05) is 12.1 Å². The lowest BCUT2D eigenvalue weighted by Crippen LogP contribution is -1.85. The molecular weight excluding hydrogens is 210 g/mol. The molecule has 0 atom stereocenters. The van der Waals surface area contributed by atoms with Crippen LogP contribution in [0, 0.1) is 0 Å². The Balaban J connectivity index is 2.20. The summed E-state index contributed by atoms with van der Waals surface area (Å²) in [6.07, 6.45) is 9.09. The molecule has 3 nitrogen and oxygen atoms in total. The predicted molar refractivity (Wildman–Crippen MR) is 72.3 cm³/mol. The van der Waals surface area contributed by atoms with Crippen molar-refractivity contribution in [2.24, 2.45) is 5.11 Å². The van der Waals surface area contributed by atoms with E-state index in [0.29, 0.717) is 5.69 Å². The van der Waals surface area contributed by atoms with Crippen molar-refractivity contribution in [3.05, 3.63) is 40.3 Å². The fourth-order valence-electron chi connectivity index (χ4n) is 1.89. The van der Waals surface area contributed by atoms with Crippen LogP contribution >= 0.6 is 0 Å². The van der Waals surface area contributed by atoms with Crippen LogP contribution in [0.15, 0.2) is 29.4 Å². The van der Waals surface area contributed by atoms with Gasteiger partial charge < -0.3 is 0 Å². The normalized spacial score (nSPS) is 9.94. The van der Waals surface area contributed by atoms with Gasteiger partial charge in [-0.15, -0.1) is 0 Å². The second kappa shape index (κ2) is 8.66. The molecule has 1 aromatic rings. The van der Waals surface area contributed by atoms with Crippen molar-refractivity contribution in [3.63, 3.8) is 0 Å². The summed E-state index contributed by atoms with van der Waals surface area (Å²) in [5, 5.41) is 3.56. The number of hydrogen-bond donors (Lipinski definition) is 0. The summed E-state index contributed by atoms with van der Waals surface area (Å²) in [5.41, 5.74) is 10.3. The standard InChI is InChI=1S/C14H21N3/c1-2-3-4-5-6-7-8-13-9-11-14(12-10-13)16-17-15/h9-12H,2-8H2,1H3. The second-order valence-corrected chi connectivity index (χ2v) is 4.37. The molecule has 0 fully saturated rings. The summed E-state index contributed by atoms with van der Waals surface area (Å²) >= 11 is 0. The molecule has 0 aliphatic carbocycles. The summed E-state index contributed by atoms with van der Waals surface area (Å²) in [5.74, 6) is 0. The summed E-state index contributed by atoms with van der Waals surface area (Å²) < 4.78 is 0. The van der Waals surface area contributed by atoms with Crippen LogP contribution in [0.3, 0.4) is 0 Å². The Hall–Kier alpha value is -1.47. The van der Waals surface area contributed by atoms with Crippen LogP contribution in [0.1, 0.15) is 51.0 Å². The number of azide groups is 1. The molecule has 1 aromatic carbocycles. The number of nitrogens with zero attached hydrogens (tertiary/aromatic N) is 3. The first-order chi connectivity index (χ1) is 8.36. The number of hydrogen-bond acceptors (Lipinski definition) is 1. The van der Waals surface area contributed by atoms with Crippen LogP contribution in [-0.2, 0) is 6.42 Å². The van der Waals surface area contributed by atoms with Crippen molar-refractivity contribution in [2.75, 3.05) is 0 Å². The van der Waals surface area contributed by atoms with Gasteiger partial charge in [-0.05, 0) is 23.9 Å². The first kappa shape index (κ1) is 13.6. The zero-order chi connectivity index (χ0) is 12.3. The highest BCUT2D eigenvalue weighted by Crippen LogP contribution is 2.15. The zero-order valence-electron chi connectivity index (χ0n) is 10.6. The molecule has 3 heteroatoms. The molecule has 0 radical (unpaired) electrons. The smallest absolute Gasteiger partial charge is 0.0375 e. The minimum Gasteiger partial charge on any atom is -0.0654 e. The third kappa shape index (κ3) is 5.98. The summed E-state index contributed by atoms with van der Waals surface area (Å²) in [6, 6.07) is 7.87. The Bertz CT molecular complexity index is 350. The largest absolute Gasteiger partial charge is 0.0654 e. The van der Waals surface area contributed by atoms with Crippen LogP contribution in [0.5, 0.6) is 0 Å². The third-order valence-corrected chi connectivity index (χ3v) is 2.92. The van der Waals surface area contributed by atoms with Crippen molar-refractivity contribution in [1.29, 1.82) is 0 Å². The van der Waals surface area contributed by atoms with Gasteiger partial charge in [0.25, 0.3) is 0 Å². The molecule has 0 aliphatic heterocycles. The summed E-state index contributed by atoms with van der Waals surface area (Å²) in [7, 11) is 0. The lowest BCUT2D eigenvalue weighted by molar-refractivity contribution is 0.607. The van der Waals surface area contributed by atoms with E-state index in [4.69, 9.17) is 5.53 Å². The van der Waals surface area contributed by atoms with Gasteiger partial charge in [0.2, 0.25) is 0 Å². The Kier molecular flexibility index (Phi) is 6.92. The molecule has 0 heterocycles. The molecule has 0 saturated carbocycles. The molecule has 92 valence electrons. The maximum atomic E-state index is 8.29. The van der Waals surface area contributed by atoms with Crippen LogP contribution in [0.25, 0.3) is 10.4 Å². The molecule has 1 rings (SSSR count). The SMILES string of the molecule is CCCCCCCCc1ccc(N=[N+]=[N-])cc1. The quantitative estimate of drug-likeness (QED) is 0.244. The third-order valence-electron chi connectivity index (χ3n) is 2.92. The molecule has 0 unspecified atom stereocenters. The van der Waals surface area contributed by atoms with Gasteiger partial charge in [0.1, 0.15) is 0 Å². The van der Waals surface area contributed by atoms with Crippen molar-refractivity contribution in [2.45, 2.75) is 51.9 Å². The number of rotatable bonds is 8. The number of aryl methyl sites for hydroxylation is 1. The summed E-state index contributed by atoms with van der Waals surface area (Å²) in [6.45, 7) is 2.24. The molecule has 0 N–H and O–H groups in total. The maximum absolute atomic E-state index is 8.29. The molecule has 0 amide bonds. The highest BCUT2D eigenvalue weighted by atomic mass is 15.1. The molecule has 0 aliphatic rings. The molecule has 0 spiro atoms. The van der Waals surface area contributed by atoms with E-state index in [-0.39, 0.29) is 0 Å². The first-order valence-corrected chi connectivity index (χ1v) is 6.51. The Labute approximate surface area is 103 Å². The molecule has 17 heavy (non-hydrogen) atoms. The number of unbranched alkanes of at least 4 members (excludes halogenated alkanes) is 5. The van der Waals surface area contributed by atoms with Crippen LogP contribution in [-0.4, -0.2) is 0 Å². The lowest BCUT2D eigenvalue weighted by atomic mass is 10.0. The first-order valence-electron chi connectivity index (χ1n) is 6.51. The number of benzene rings is 1. The molecule has 0 aromatic heterocycles. The highest BCUT2D eigenvalue weighted by molar-refractivity contribution is 5.38. The van der Waals surface area contributed by atoms with Gasteiger partial charge in [0, 0.05) is 10.6 Å². The van der Waals surface area contributed by atoms with Gasteiger partial charge in [-0.3, -0.25) is 0 Å². The monoisotopic (exact) mass is 231 g/mol. The van der Waals surface area contributed by atoms with Crippen molar-refractivity contribution >= 4 is 5.69 Å². The fourth-order valence-corrected chi connectivity index (χ4v) is 1.89. The van der Waals surface area contributed by atoms with Crippen LogP contribution in [0.4, 0.5) is 5.69 Å². The lowest BCUT2D eigenvalue weighted by Gasteiger charge is -2.02. The van der Waals surface area contributed by atoms with Crippen LogP contribution in [0.2, 0.25) is 0 Å². The predicted octanol–water partition coefficient (Wildman–Crippen LogP) is 5.53. The molecular formula is C14H21N3. The highest BCUT2D eigenvalue weighted by Gasteiger charge is 1.94. The van der Waals surface area contributed by atoms with E-state index in [2.05, 4.69) is 29.1 Å². The topological polar surface area (TPSA) is 48.8 Å². The van der Waals surface area contributed by atoms with E-state index < -0.39 is 0 Å². The van der Waals surface area contributed by atoms with E-state index in [1.165, 1.54) is 44.1 Å². The Morgan fingerprint density at radius 2 is 1.65 bits per heavy atom. The van der Waals surface area contributed by atoms with E-state index >= 15 is 0 Å². The van der Waals surface area contributed by atoms with Crippen molar-refractivity contribution in [1.82, 2.24) is 0 Å². The Morgan fingerprint density at radius 3 is 2.29 bits per heavy atom. The van der Waals surface area contributed by atoms with E-state index in [1.54, 1.807) is 0 Å². The van der Waals surface area contributed by atoms with Crippen molar-refractivity contribution in [3.8, 4) is 0 Å². The minimum atomic E-state index is 0.694. The van der Waals surface area contributed by atoms with Gasteiger partial charge in [0.15, 0.2) is 0 Å². The average molecular weight is 231 g/mol. The van der Waals surface area contributed by atoms with E-state index in [9.17, 15) is 0 Å². The van der Waals surface area contributed by atoms with Crippen molar-refractivity contribution < 1.29 is 0 Å². The van der Waals surface area contributed by atoms with Gasteiger partial charge in [-0.1, -0.05) is 68.4 Å². The summed E-state index contributed by atoms with van der Waals surface area (Å²) in [4.78, 5) is 2.76. The van der Waals surface area contributed by atoms with Gasteiger partial charge >= 0.3 is 0 Å². The second-order valence-electron chi connectivity index (χ2n) is 4.37. The van der Waals surface area contributed by atoms with Crippen LogP contribution < -0.4 is 0 Å². The maximum Gasteiger partial charge on any atom is 0.0375 e.